The molecule has 4 heterocycles. The Labute approximate surface area is 225 Å². The molecule has 2 aromatic carbocycles. The number of benzene rings is 2. The van der Waals surface area contributed by atoms with Crippen LogP contribution >= 0.6 is 0 Å². The minimum Gasteiger partial charge on any atom is -0.478 e. The number of halogens is 3. The maximum Gasteiger partial charge on any atom is 0.418 e. The number of imidazole rings is 1. The lowest BCUT2D eigenvalue weighted by molar-refractivity contribution is -0.137. The molecule has 0 atom stereocenters. The number of hydrogen-bond acceptors (Lipinski definition) is 6. The Hall–Kier alpha value is -3.76. The summed E-state index contributed by atoms with van der Waals surface area (Å²) in [6.45, 7) is 8.05. The van der Waals surface area contributed by atoms with Crippen molar-refractivity contribution in [3.63, 3.8) is 0 Å². The Kier molecular flexibility index (Phi) is 6.60. The minimum atomic E-state index is -4.47. The van der Waals surface area contributed by atoms with Gasteiger partial charge in [-0.2, -0.15) is 13.2 Å². The van der Waals surface area contributed by atoms with Gasteiger partial charge in [0.2, 0.25) is 0 Å². The maximum absolute atomic E-state index is 14.2. The van der Waals surface area contributed by atoms with E-state index in [1.807, 2.05) is 39.8 Å². The van der Waals surface area contributed by atoms with Crippen molar-refractivity contribution in [2.75, 3.05) is 43.1 Å². The second-order valence-corrected chi connectivity index (χ2v) is 10.3. The van der Waals surface area contributed by atoms with Crippen molar-refractivity contribution in [2.24, 2.45) is 0 Å². The molecule has 0 saturated carbocycles. The Bertz CT molecular complexity index is 1490. The highest BCUT2D eigenvalue weighted by molar-refractivity contribution is 5.79. The van der Waals surface area contributed by atoms with Crippen LogP contribution in [0.15, 0.2) is 60.9 Å². The number of ether oxygens (including phenoxy) is 1. The third kappa shape index (κ3) is 5.02. The highest BCUT2D eigenvalue weighted by atomic mass is 19.4. The van der Waals surface area contributed by atoms with Crippen LogP contribution in [-0.4, -0.2) is 53.2 Å². The van der Waals surface area contributed by atoms with E-state index in [9.17, 15) is 13.2 Å². The van der Waals surface area contributed by atoms with Crippen LogP contribution in [0, 0.1) is 0 Å². The Balaban J connectivity index is 1.29. The molecule has 0 unspecified atom stereocenters. The minimum absolute atomic E-state index is 0.226. The molecule has 1 fully saturated rings. The summed E-state index contributed by atoms with van der Waals surface area (Å²) in [4.78, 5) is 8.63. The zero-order valence-electron chi connectivity index (χ0n) is 21.9. The molecule has 2 aliphatic rings. The Morgan fingerprint density at radius 3 is 2.59 bits per heavy atom. The van der Waals surface area contributed by atoms with Gasteiger partial charge in [0.15, 0.2) is 5.65 Å². The van der Waals surface area contributed by atoms with Gasteiger partial charge in [0.05, 0.1) is 16.9 Å². The number of fused-ring (bicyclic) bond motifs is 2. The van der Waals surface area contributed by atoms with Gasteiger partial charge in [-0.25, -0.2) is 4.98 Å². The van der Waals surface area contributed by atoms with Gasteiger partial charge >= 0.3 is 6.18 Å². The summed E-state index contributed by atoms with van der Waals surface area (Å²) < 4.78 is 50.2. The van der Waals surface area contributed by atoms with Crippen LogP contribution in [0.5, 0.6) is 5.75 Å². The molecule has 2 aromatic heterocycles. The summed E-state index contributed by atoms with van der Waals surface area (Å²) in [5.74, 6) is 0.864. The Morgan fingerprint density at radius 2 is 1.82 bits per heavy atom. The SMILES string of the molecule is CC(C)N1CCN(c2ccc(Nc3ccc(-c4ccc5c(c4)CNCO5)n4ccnc34)cc2C(F)(F)F)CC1. The van der Waals surface area contributed by atoms with E-state index in [0.29, 0.717) is 42.9 Å². The van der Waals surface area contributed by atoms with Gasteiger partial charge < -0.3 is 15.0 Å². The van der Waals surface area contributed by atoms with Gasteiger partial charge in [0, 0.05) is 68.1 Å². The molecule has 204 valence electrons. The van der Waals surface area contributed by atoms with Crippen LogP contribution in [0.25, 0.3) is 16.9 Å². The van der Waals surface area contributed by atoms with Crippen molar-refractivity contribution < 1.29 is 17.9 Å². The van der Waals surface area contributed by atoms with E-state index in [0.717, 1.165) is 42.2 Å². The molecule has 0 bridgehead atoms. The number of nitrogens with zero attached hydrogens (tertiary/aromatic N) is 4. The van der Waals surface area contributed by atoms with Gasteiger partial charge in [-0.1, -0.05) is 0 Å². The number of nitrogens with one attached hydrogen (secondary N) is 2. The molecule has 7 nitrogen and oxygen atoms in total. The third-order valence-corrected chi connectivity index (χ3v) is 7.52. The summed E-state index contributed by atoms with van der Waals surface area (Å²) in [6.07, 6.45) is -0.932. The molecular weight excluding hydrogens is 505 g/mol. The number of pyridine rings is 1. The summed E-state index contributed by atoms with van der Waals surface area (Å²) in [5.41, 5.74) is 4.20. The number of hydrogen-bond donors (Lipinski definition) is 2. The molecule has 10 heteroatoms. The summed E-state index contributed by atoms with van der Waals surface area (Å²) in [7, 11) is 0. The van der Waals surface area contributed by atoms with Gasteiger partial charge in [0.1, 0.15) is 12.5 Å². The van der Waals surface area contributed by atoms with E-state index in [4.69, 9.17) is 4.74 Å². The zero-order valence-corrected chi connectivity index (χ0v) is 21.9. The third-order valence-electron chi connectivity index (χ3n) is 7.52. The fraction of sp³-hybridized carbons (Fsp3) is 0.345. The molecule has 0 spiro atoms. The first-order valence-corrected chi connectivity index (χ1v) is 13.2. The van der Waals surface area contributed by atoms with Gasteiger partial charge in [-0.3, -0.25) is 14.6 Å². The van der Waals surface area contributed by atoms with Crippen LogP contribution in [-0.2, 0) is 12.7 Å². The summed E-state index contributed by atoms with van der Waals surface area (Å²) >= 11 is 0. The number of alkyl halides is 3. The van der Waals surface area contributed by atoms with E-state index in [2.05, 4.69) is 40.4 Å². The van der Waals surface area contributed by atoms with Crippen LogP contribution in [0.3, 0.4) is 0 Å². The van der Waals surface area contributed by atoms with E-state index < -0.39 is 11.7 Å². The molecule has 2 N–H and O–H groups in total. The number of piperazine rings is 1. The predicted molar refractivity (Wildman–Crippen MR) is 147 cm³/mol. The van der Waals surface area contributed by atoms with Gasteiger partial charge in [-0.05, 0) is 67.9 Å². The summed E-state index contributed by atoms with van der Waals surface area (Å²) in [5, 5.41) is 6.38. The van der Waals surface area contributed by atoms with Crippen molar-refractivity contribution >= 4 is 22.7 Å². The molecule has 2 aliphatic heterocycles. The van der Waals surface area contributed by atoms with Crippen molar-refractivity contribution in [3.8, 4) is 17.0 Å². The van der Waals surface area contributed by atoms with E-state index in [1.54, 1.807) is 18.3 Å². The second-order valence-electron chi connectivity index (χ2n) is 10.3. The smallest absolute Gasteiger partial charge is 0.418 e. The molecule has 6 rings (SSSR count). The first-order valence-electron chi connectivity index (χ1n) is 13.2. The first-order chi connectivity index (χ1) is 18.8. The quantitative estimate of drug-likeness (QED) is 0.340. The highest BCUT2D eigenvalue weighted by Gasteiger charge is 2.36. The number of aromatic nitrogens is 2. The van der Waals surface area contributed by atoms with Crippen LogP contribution < -0.4 is 20.3 Å². The van der Waals surface area contributed by atoms with Crippen molar-refractivity contribution in [3.05, 3.63) is 72.1 Å². The van der Waals surface area contributed by atoms with Gasteiger partial charge in [-0.15, -0.1) is 0 Å². The van der Waals surface area contributed by atoms with Crippen LogP contribution in [0.4, 0.5) is 30.2 Å². The van der Waals surface area contributed by atoms with Crippen molar-refractivity contribution in [2.45, 2.75) is 32.6 Å². The molecule has 0 radical (unpaired) electrons. The molecule has 0 aliphatic carbocycles. The maximum atomic E-state index is 14.2. The monoisotopic (exact) mass is 536 g/mol. The fourth-order valence-corrected chi connectivity index (χ4v) is 5.43. The average molecular weight is 537 g/mol. The van der Waals surface area contributed by atoms with Crippen LogP contribution in [0.1, 0.15) is 25.0 Å². The fourth-order valence-electron chi connectivity index (χ4n) is 5.43. The first kappa shape index (κ1) is 25.5. The van der Waals surface area contributed by atoms with E-state index in [-0.39, 0.29) is 5.69 Å². The average Bonchev–Trinajstić information content (AvgIpc) is 3.43. The van der Waals surface area contributed by atoms with Crippen molar-refractivity contribution in [1.29, 1.82) is 0 Å². The lowest BCUT2D eigenvalue weighted by Gasteiger charge is -2.39. The van der Waals surface area contributed by atoms with Crippen molar-refractivity contribution in [1.82, 2.24) is 19.6 Å². The molecule has 0 amide bonds. The van der Waals surface area contributed by atoms with E-state index in [1.165, 1.54) is 6.07 Å². The summed E-state index contributed by atoms with van der Waals surface area (Å²) in [6, 6.07) is 14.7. The second kappa shape index (κ2) is 10.1. The number of anilines is 3. The predicted octanol–water partition coefficient (Wildman–Crippen LogP) is 5.73. The standard InChI is InChI=1S/C29H31F3N6O/c1-19(2)36-11-13-37(14-12-36)26-6-4-22(16-23(26)29(30,31)32)35-24-5-7-25(38-10-9-34-28(24)38)20-3-8-27-21(15-20)17-33-18-39-27/h3-10,15-16,19,33,35H,11-14,17-18H2,1-2H3. The molecule has 39 heavy (non-hydrogen) atoms. The van der Waals surface area contributed by atoms with E-state index >= 15 is 0 Å². The highest BCUT2D eigenvalue weighted by Crippen LogP contribution is 2.40. The normalized spacial score (nSPS) is 16.4. The molecule has 1 saturated heterocycles. The number of rotatable bonds is 5. The molecular formula is C29H31F3N6O. The van der Waals surface area contributed by atoms with Crippen LogP contribution in [0.2, 0.25) is 0 Å². The lowest BCUT2D eigenvalue weighted by Crippen LogP contribution is -2.49. The molecule has 4 aromatic rings. The topological polar surface area (TPSA) is 57.1 Å². The largest absolute Gasteiger partial charge is 0.478 e. The van der Waals surface area contributed by atoms with Gasteiger partial charge in [0.25, 0.3) is 0 Å². The zero-order chi connectivity index (χ0) is 27.1. The lowest BCUT2D eigenvalue weighted by atomic mass is 10.1. The Morgan fingerprint density at radius 1 is 1.00 bits per heavy atom.